The molecule has 0 aromatic heterocycles. The van der Waals surface area contributed by atoms with Crippen molar-refractivity contribution in [2.75, 3.05) is 47.5 Å². The molecule has 9 nitrogen and oxygen atoms in total. The number of carboxylic acid groups (broad SMARTS) is 1. The molecule has 0 bridgehead atoms. The monoisotopic (exact) mass is 1430 g/mol. The number of rotatable bonds is 75. The van der Waals surface area contributed by atoms with Crippen LogP contribution in [0.25, 0.3) is 0 Å². The Balaban J connectivity index is 4.10. The first kappa shape index (κ1) is 97.1. The number of unbranched alkanes of at least 4 members (excludes halogenated alkanes) is 28. The van der Waals surface area contributed by atoms with Crippen molar-refractivity contribution in [2.45, 2.75) is 334 Å². The minimum atomic E-state index is -1.53. The first-order chi connectivity index (χ1) is 50.6. The Morgan fingerprint density at radius 3 is 0.786 bits per heavy atom. The van der Waals surface area contributed by atoms with Crippen molar-refractivity contribution in [3.63, 3.8) is 0 Å². The first-order valence-electron chi connectivity index (χ1n) is 41.6. The molecular weight excluding hydrogens is 1270 g/mol. The summed E-state index contributed by atoms with van der Waals surface area (Å²) in [6.45, 7) is 4.61. The van der Waals surface area contributed by atoms with Gasteiger partial charge in [-0.3, -0.25) is 9.59 Å². The Morgan fingerprint density at radius 1 is 0.291 bits per heavy atom. The SMILES string of the molecule is CC/C=C\C/C=C\C/C=C\C/C=C\C/C=C\C/C=C\C/C=C\C/C=C\C/C=C\C/C=C\C/C=C\CCCCCC(=O)OC(COC(=O)CCCCCCCCCCCCCCCCCCCCCCCCCCC/C=C\C/C=C\C/C=C\C/C=C\C/C=C\CC)COC(OCC[N+](C)(C)C)C(=O)O. The van der Waals surface area contributed by atoms with Crippen molar-refractivity contribution in [3.8, 4) is 0 Å². The Labute approximate surface area is 633 Å². The van der Waals surface area contributed by atoms with Crippen LogP contribution in [0, 0.1) is 0 Å². The number of allylic oxidation sites excluding steroid dienone is 32. The number of carbonyl (C=O) groups is 3. The molecule has 1 N–H and O–H groups in total. The van der Waals surface area contributed by atoms with Crippen molar-refractivity contribution in [1.82, 2.24) is 0 Å². The molecule has 0 rings (SSSR count). The normalized spacial score (nSPS) is 13.7. The van der Waals surface area contributed by atoms with E-state index in [1.165, 1.54) is 148 Å². The summed E-state index contributed by atoms with van der Waals surface area (Å²) in [6, 6.07) is 0. The molecule has 0 fully saturated rings. The molecule has 0 aliphatic carbocycles. The van der Waals surface area contributed by atoms with Gasteiger partial charge in [0.1, 0.15) is 13.2 Å². The lowest BCUT2D eigenvalue weighted by Crippen LogP contribution is -2.40. The average Bonchev–Trinajstić information content (AvgIpc) is 1.16. The Bertz CT molecular complexity index is 2410. The van der Waals surface area contributed by atoms with Gasteiger partial charge in [-0.05, 0) is 141 Å². The molecule has 0 aromatic rings. The quantitative estimate of drug-likeness (QED) is 0.0211. The van der Waals surface area contributed by atoms with Crippen molar-refractivity contribution < 1.29 is 42.9 Å². The zero-order chi connectivity index (χ0) is 74.6. The van der Waals surface area contributed by atoms with Crippen LogP contribution in [0.1, 0.15) is 322 Å². The van der Waals surface area contributed by atoms with Gasteiger partial charge in [0, 0.05) is 12.8 Å². The minimum absolute atomic E-state index is 0.173. The molecule has 2 atom stereocenters. The number of likely N-dealkylation sites (N-methyl/N-ethyl adjacent to an activating group) is 1. The van der Waals surface area contributed by atoms with Gasteiger partial charge in [0.25, 0.3) is 6.29 Å². The number of quaternary nitrogens is 1. The van der Waals surface area contributed by atoms with E-state index in [-0.39, 0.29) is 38.6 Å². The second-order valence-corrected chi connectivity index (χ2v) is 28.3. The zero-order valence-electron chi connectivity index (χ0n) is 66.7. The highest BCUT2D eigenvalue weighted by Crippen LogP contribution is 2.18. The fraction of sp³-hybridized carbons (Fsp3) is 0.628. The van der Waals surface area contributed by atoms with Crippen LogP contribution in [0.4, 0.5) is 0 Å². The van der Waals surface area contributed by atoms with Gasteiger partial charge in [-0.2, -0.15) is 0 Å². The summed E-state index contributed by atoms with van der Waals surface area (Å²) in [6.07, 6.45) is 123. The van der Waals surface area contributed by atoms with Crippen LogP contribution in [0.3, 0.4) is 0 Å². The van der Waals surface area contributed by atoms with Crippen LogP contribution in [0.5, 0.6) is 0 Å². The Morgan fingerprint density at radius 2 is 0.524 bits per heavy atom. The summed E-state index contributed by atoms with van der Waals surface area (Å²) in [4.78, 5) is 37.8. The maximum absolute atomic E-state index is 13.0. The van der Waals surface area contributed by atoms with Crippen LogP contribution in [-0.2, 0) is 33.3 Å². The largest absolute Gasteiger partial charge is 0.477 e. The van der Waals surface area contributed by atoms with Crippen LogP contribution < -0.4 is 0 Å². The molecule has 9 heteroatoms. The highest BCUT2D eigenvalue weighted by atomic mass is 16.7. The fourth-order valence-electron chi connectivity index (χ4n) is 11.1. The van der Waals surface area contributed by atoms with Gasteiger partial charge in [-0.25, -0.2) is 4.79 Å². The number of carbonyl (C=O) groups excluding carboxylic acids is 2. The van der Waals surface area contributed by atoms with Crippen molar-refractivity contribution in [2.24, 2.45) is 0 Å². The minimum Gasteiger partial charge on any atom is -0.477 e. The summed E-state index contributed by atoms with van der Waals surface area (Å²) < 4.78 is 23.0. The second-order valence-electron chi connectivity index (χ2n) is 28.3. The molecule has 0 saturated carbocycles. The number of hydrogen-bond acceptors (Lipinski definition) is 7. The second kappa shape index (κ2) is 81.8. The Kier molecular flexibility index (Phi) is 77.1. The predicted molar refractivity (Wildman–Crippen MR) is 446 cm³/mol. The van der Waals surface area contributed by atoms with Gasteiger partial charge in [0.2, 0.25) is 0 Å². The maximum atomic E-state index is 13.0. The van der Waals surface area contributed by atoms with Gasteiger partial charge < -0.3 is 28.5 Å². The number of aliphatic carboxylic acids is 1. The topological polar surface area (TPSA) is 108 Å². The van der Waals surface area contributed by atoms with E-state index in [4.69, 9.17) is 18.9 Å². The van der Waals surface area contributed by atoms with Gasteiger partial charge in [-0.1, -0.05) is 362 Å². The number of nitrogens with zero attached hydrogens (tertiary/aromatic N) is 1. The third-order valence-electron chi connectivity index (χ3n) is 17.3. The highest BCUT2D eigenvalue weighted by molar-refractivity contribution is 5.71. The molecule has 0 spiro atoms. The molecule has 0 heterocycles. The van der Waals surface area contributed by atoms with Gasteiger partial charge in [0.15, 0.2) is 6.10 Å². The lowest BCUT2D eigenvalue weighted by atomic mass is 10.0. The molecular formula is C94H154NO8+. The van der Waals surface area contributed by atoms with E-state index in [0.29, 0.717) is 17.4 Å². The standard InChI is InChI=1S/C94H153NO8/c1-6-8-10-12-14-16-18-20-22-24-26-28-30-32-34-36-38-40-42-44-45-46-47-49-50-52-54-56-58-60-62-64-66-68-70-72-74-76-78-80-82-84-91(96)101-88-90(89-102-94(93(98)99)100-87-86-95(3,4)5)103-92(97)85-83-81-79-77-75-73-71-69-67-65-63-61-59-57-55-53-51-48-43-41-39-37-35-33-31-29-27-25-23-21-19-17-15-13-11-9-7-2/h8-11,14-17,20-23,26-29,32-35,39,41,48,51,55,57,61,63,67,69,73,75,90,94H,6-7,12-13,18-19,24-25,30-31,36-38,40,42-47,49-50,52-54,56,58-60,62,64-66,68,70-72,74,76-89H2,1-5H3/p+1/b10-8-,11-9-,16-14-,17-15-,22-20-,23-21-,28-26-,29-27-,34-32-,35-33-,41-39-,51-48-,57-55-,63-61-,69-67-,75-73-. The summed E-state index contributed by atoms with van der Waals surface area (Å²) in [5.74, 6) is -2.06. The molecule has 2 unspecified atom stereocenters. The third kappa shape index (κ3) is 83.3. The summed E-state index contributed by atoms with van der Waals surface area (Å²) in [5.41, 5.74) is 0. The van der Waals surface area contributed by atoms with E-state index in [9.17, 15) is 19.5 Å². The van der Waals surface area contributed by atoms with E-state index in [2.05, 4.69) is 208 Å². The van der Waals surface area contributed by atoms with Gasteiger partial charge >= 0.3 is 17.9 Å². The zero-order valence-corrected chi connectivity index (χ0v) is 66.7. The lowest BCUT2D eigenvalue weighted by Gasteiger charge is -2.25. The third-order valence-corrected chi connectivity index (χ3v) is 17.3. The van der Waals surface area contributed by atoms with E-state index in [1.807, 2.05) is 21.1 Å². The average molecular weight is 1430 g/mol. The van der Waals surface area contributed by atoms with Gasteiger partial charge in [-0.15, -0.1) is 0 Å². The van der Waals surface area contributed by atoms with Crippen molar-refractivity contribution in [3.05, 3.63) is 194 Å². The van der Waals surface area contributed by atoms with Crippen molar-refractivity contribution >= 4 is 17.9 Å². The maximum Gasteiger partial charge on any atom is 0.361 e. The molecule has 0 aliphatic rings. The van der Waals surface area contributed by atoms with E-state index in [1.54, 1.807) is 0 Å². The van der Waals surface area contributed by atoms with E-state index in [0.717, 1.165) is 141 Å². The van der Waals surface area contributed by atoms with Crippen LogP contribution in [0.2, 0.25) is 0 Å². The molecule has 582 valence electrons. The van der Waals surface area contributed by atoms with E-state index < -0.39 is 24.3 Å². The summed E-state index contributed by atoms with van der Waals surface area (Å²) in [5, 5.41) is 9.78. The molecule has 0 aliphatic heterocycles. The number of hydrogen-bond donors (Lipinski definition) is 1. The van der Waals surface area contributed by atoms with Crippen molar-refractivity contribution in [1.29, 1.82) is 0 Å². The molecule has 0 saturated heterocycles. The molecule has 0 radical (unpaired) electrons. The van der Waals surface area contributed by atoms with Gasteiger partial charge in [0.05, 0.1) is 34.4 Å². The number of ether oxygens (including phenoxy) is 4. The van der Waals surface area contributed by atoms with Crippen LogP contribution >= 0.6 is 0 Å². The summed E-state index contributed by atoms with van der Waals surface area (Å²) >= 11 is 0. The lowest BCUT2D eigenvalue weighted by molar-refractivity contribution is -0.870. The Hall–Kier alpha value is -5.87. The highest BCUT2D eigenvalue weighted by Gasteiger charge is 2.25. The van der Waals surface area contributed by atoms with Crippen LogP contribution in [0.15, 0.2) is 194 Å². The fourth-order valence-corrected chi connectivity index (χ4v) is 11.1. The molecule has 0 aromatic carbocycles. The molecule has 103 heavy (non-hydrogen) atoms. The number of carboxylic acids is 1. The molecule has 0 amide bonds. The first-order valence-corrected chi connectivity index (χ1v) is 41.6. The summed E-state index contributed by atoms with van der Waals surface area (Å²) in [7, 11) is 5.96. The predicted octanol–water partition coefficient (Wildman–Crippen LogP) is 27.3. The smallest absolute Gasteiger partial charge is 0.361 e. The van der Waals surface area contributed by atoms with Crippen LogP contribution in [-0.4, -0.2) is 87.4 Å². The number of esters is 2. The van der Waals surface area contributed by atoms with E-state index >= 15 is 0 Å².